The number of carbonyl (C=O) groups is 1. The fourth-order valence-corrected chi connectivity index (χ4v) is 3.65. The molecule has 146 valence electrons. The molecule has 0 aliphatic rings. The van der Waals surface area contributed by atoms with Crippen molar-refractivity contribution in [3.05, 3.63) is 65.4 Å². The average molecular weight is 417 g/mol. The monoisotopic (exact) mass is 416 g/mol. The summed E-state index contributed by atoms with van der Waals surface area (Å²) in [6.07, 6.45) is 0. The van der Waals surface area contributed by atoms with Gasteiger partial charge in [0.05, 0.1) is 10.3 Å². The molecule has 2 aromatic carbocycles. The number of nitrogens with zero attached hydrogens (tertiary/aromatic N) is 4. The van der Waals surface area contributed by atoms with Crippen molar-refractivity contribution in [1.82, 2.24) is 14.8 Å². The number of carbonyl (C=O) groups excluding carboxylic acids is 1. The van der Waals surface area contributed by atoms with Crippen molar-refractivity contribution in [3.63, 3.8) is 0 Å². The van der Waals surface area contributed by atoms with Crippen LogP contribution < -0.4 is 9.64 Å². The van der Waals surface area contributed by atoms with Gasteiger partial charge in [0.15, 0.2) is 11.0 Å². The summed E-state index contributed by atoms with van der Waals surface area (Å²) in [5.74, 6) is 1.24. The second-order valence-electron chi connectivity index (χ2n) is 6.17. The molecule has 1 atom stereocenters. The van der Waals surface area contributed by atoms with Gasteiger partial charge in [0.2, 0.25) is 5.91 Å². The summed E-state index contributed by atoms with van der Waals surface area (Å²) < 4.78 is 7.55. The molecule has 0 N–H and O–H groups in total. The maximum atomic E-state index is 12.7. The number of benzene rings is 2. The Balaban J connectivity index is 1.63. The predicted molar refractivity (Wildman–Crippen MR) is 112 cm³/mol. The molecule has 1 unspecified atom stereocenters. The van der Waals surface area contributed by atoms with Crippen LogP contribution in [0.2, 0.25) is 5.02 Å². The highest BCUT2D eigenvalue weighted by molar-refractivity contribution is 8.00. The molecular weight excluding hydrogens is 396 g/mol. The molecular formula is C20H21ClN4O2S. The number of hydrogen-bond donors (Lipinski definition) is 0. The Morgan fingerprint density at radius 2 is 1.86 bits per heavy atom. The molecule has 1 amide bonds. The third-order valence-electron chi connectivity index (χ3n) is 4.22. The summed E-state index contributed by atoms with van der Waals surface area (Å²) in [4.78, 5) is 14.4. The van der Waals surface area contributed by atoms with Crippen LogP contribution in [-0.4, -0.2) is 33.0 Å². The maximum absolute atomic E-state index is 12.7. The van der Waals surface area contributed by atoms with Crippen LogP contribution in [0, 0.1) is 0 Å². The SMILES string of the molecule is CC(Sc1nnc(COc2ccccc2Cl)n1C)C(=O)N(C)c1ccccc1. The van der Waals surface area contributed by atoms with E-state index in [0.29, 0.717) is 21.8 Å². The van der Waals surface area contributed by atoms with Gasteiger partial charge in [-0.3, -0.25) is 4.79 Å². The Hall–Kier alpha value is -2.51. The molecule has 0 saturated heterocycles. The van der Waals surface area contributed by atoms with Gasteiger partial charge in [0.25, 0.3) is 0 Å². The highest BCUT2D eigenvalue weighted by atomic mass is 35.5. The highest BCUT2D eigenvalue weighted by Gasteiger charge is 2.22. The minimum atomic E-state index is -0.314. The molecule has 0 radical (unpaired) electrons. The van der Waals surface area contributed by atoms with Gasteiger partial charge in [0, 0.05) is 19.8 Å². The second-order valence-corrected chi connectivity index (χ2v) is 7.88. The number of hydrogen-bond acceptors (Lipinski definition) is 5. The summed E-state index contributed by atoms with van der Waals surface area (Å²) in [5, 5.41) is 9.25. The lowest BCUT2D eigenvalue weighted by atomic mass is 10.3. The van der Waals surface area contributed by atoms with Gasteiger partial charge in [-0.25, -0.2) is 0 Å². The minimum absolute atomic E-state index is 0.00642. The van der Waals surface area contributed by atoms with Crippen molar-refractivity contribution in [1.29, 1.82) is 0 Å². The van der Waals surface area contributed by atoms with E-state index in [-0.39, 0.29) is 17.8 Å². The van der Waals surface area contributed by atoms with Gasteiger partial charge >= 0.3 is 0 Å². The molecule has 0 aliphatic heterocycles. The van der Waals surface area contributed by atoms with Gasteiger partial charge in [-0.05, 0) is 31.2 Å². The zero-order chi connectivity index (χ0) is 20.1. The molecule has 0 fully saturated rings. The Kier molecular flexibility index (Phi) is 6.59. The fraction of sp³-hybridized carbons (Fsp3) is 0.250. The number of anilines is 1. The van der Waals surface area contributed by atoms with Gasteiger partial charge in [-0.2, -0.15) is 0 Å². The van der Waals surface area contributed by atoms with E-state index >= 15 is 0 Å². The number of para-hydroxylation sites is 2. The summed E-state index contributed by atoms with van der Waals surface area (Å²) in [5.41, 5.74) is 0.853. The summed E-state index contributed by atoms with van der Waals surface area (Å²) >= 11 is 7.47. The Morgan fingerprint density at radius 1 is 1.18 bits per heavy atom. The molecule has 6 nitrogen and oxygen atoms in total. The van der Waals surface area contributed by atoms with Crippen molar-refractivity contribution in [2.75, 3.05) is 11.9 Å². The summed E-state index contributed by atoms with van der Waals surface area (Å²) in [7, 11) is 3.63. The van der Waals surface area contributed by atoms with Crippen LogP contribution in [0.25, 0.3) is 0 Å². The third-order valence-corrected chi connectivity index (χ3v) is 5.66. The van der Waals surface area contributed by atoms with Crippen molar-refractivity contribution < 1.29 is 9.53 Å². The molecule has 8 heteroatoms. The number of amides is 1. The van der Waals surface area contributed by atoms with E-state index in [2.05, 4.69) is 10.2 Å². The number of thioether (sulfide) groups is 1. The van der Waals surface area contributed by atoms with Gasteiger partial charge in [-0.1, -0.05) is 53.7 Å². The molecule has 28 heavy (non-hydrogen) atoms. The second kappa shape index (κ2) is 9.12. The van der Waals surface area contributed by atoms with Crippen LogP contribution in [0.15, 0.2) is 59.8 Å². The largest absolute Gasteiger partial charge is 0.484 e. The first-order chi connectivity index (χ1) is 13.5. The van der Waals surface area contributed by atoms with Crippen LogP contribution in [0.1, 0.15) is 12.7 Å². The summed E-state index contributed by atoms with van der Waals surface area (Å²) in [6.45, 7) is 2.10. The van der Waals surface area contributed by atoms with Gasteiger partial charge < -0.3 is 14.2 Å². The first-order valence-electron chi connectivity index (χ1n) is 8.72. The Labute approximate surface area is 173 Å². The summed E-state index contributed by atoms with van der Waals surface area (Å²) in [6, 6.07) is 16.8. The van der Waals surface area contributed by atoms with E-state index in [1.54, 1.807) is 24.1 Å². The molecule has 0 saturated carbocycles. The van der Waals surface area contributed by atoms with E-state index in [4.69, 9.17) is 16.3 Å². The zero-order valence-electron chi connectivity index (χ0n) is 15.9. The van der Waals surface area contributed by atoms with Crippen LogP contribution >= 0.6 is 23.4 Å². The number of rotatable bonds is 7. The van der Waals surface area contributed by atoms with Crippen molar-refractivity contribution in [2.45, 2.75) is 23.9 Å². The van der Waals surface area contributed by atoms with Crippen molar-refractivity contribution in [2.24, 2.45) is 7.05 Å². The topological polar surface area (TPSA) is 60.3 Å². The Morgan fingerprint density at radius 3 is 2.57 bits per heavy atom. The molecule has 0 aliphatic carbocycles. The van der Waals surface area contributed by atoms with Crippen LogP contribution in [-0.2, 0) is 18.4 Å². The minimum Gasteiger partial charge on any atom is -0.484 e. The smallest absolute Gasteiger partial charge is 0.240 e. The van der Waals surface area contributed by atoms with Crippen molar-refractivity contribution in [3.8, 4) is 5.75 Å². The lowest BCUT2D eigenvalue weighted by Gasteiger charge is -2.20. The number of halogens is 1. The first-order valence-corrected chi connectivity index (χ1v) is 9.98. The third kappa shape index (κ3) is 4.66. The molecule has 0 bridgehead atoms. The van der Waals surface area contributed by atoms with Crippen LogP contribution in [0.5, 0.6) is 5.75 Å². The standard InChI is InChI=1S/C20H21ClN4O2S/c1-14(19(26)24(2)15-9-5-4-6-10-15)28-20-23-22-18(25(20)3)13-27-17-12-8-7-11-16(17)21/h4-12,14H,13H2,1-3H3. The van der Waals surface area contributed by atoms with Gasteiger partial charge in [0.1, 0.15) is 12.4 Å². The molecule has 3 aromatic rings. The molecule has 1 heterocycles. The van der Waals surface area contributed by atoms with E-state index in [1.807, 2.05) is 61.0 Å². The van der Waals surface area contributed by atoms with E-state index in [0.717, 1.165) is 5.69 Å². The fourth-order valence-electron chi connectivity index (χ4n) is 2.54. The van der Waals surface area contributed by atoms with Gasteiger partial charge in [-0.15, -0.1) is 10.2 Å². The quantitative estimate of drug-likeness (QED) is 0.540. The first kappa shape index (κ1) is 20.2. The normalized spacial score (nSPS) is 11.9. The average Bonchev–Trinajstić information content (AvgIpc) is 3.06. The van der Waals surface area contributed by atoms with Crippen LogP contribution in [0.4, 0.5) is 5.69 Å². The molecule has 0 spiro atoms. The maximum Gasteiger partial charge on any atom is 0.240 e. The van der Waals surface area contributed by atoms with E-state index < -0.39 is 0 Å². The lowest BCUT2D eigenvalue weighted by Crippen LogP contribution is -2.33. The Bertz CT molecular complexity index is 948. The molecule has 1 aromatic heterocycles. The van der Waals surface area contributed by atoms with Crippen molar-refractivity contribution >= 4 is 35.0 Å². The van der Waals surface area contributed by atoms with E-state index in [9.17, 15) is 4.79 Å². The number of aromatic nitrogens is 3. The lowest BCUT2D eigenvalue weighted by molar-refractivity contribution is -0.117. The van der Waals surface area contributed by atoms with E-state index in [1.165, 1.54) is 11.8 Å². The molecule has 3 rings (SSSR count). The highest BCUT2D eigenvalue weighted by Crippen LogP contribution is 2.26. The zero-order valence-corrected chi connectivity index (χ0v) is 17.4. The predicted octanol–water partition coefficient (Wildman–Crippen LogP) is 4.19. The number of ether oxygens (including phenoxy) is 1. The van der Waals surface area contributed by atoms with Crippen LogP contribution in [0.3, 0.4) is 0 Å².